The average molecular weight is 450 g/mol. The van der Waals surface area contributed by atoms with Crippen LogP contribution in [0, 0.1) is 5.82 Å². The van der Waals surface area contributed by atoms with Gasteiger partial charge in [0.15, 0.2) is 0 Å². The molecule has 3 aromatic carbocycles. The Hall–Kier alpha value is -2.83. The lowest BCUT2D eigenvalue weighted by Crippen LogP contribution is -2.29. The van der Waals surface area contributed by atoms with Crippen LogP contribution in [0.25, 0.3) is 11.1 Å². The van der Waals surface area contributed by atoms with Crippen LogP contribution < -0.4 is 16.4 Å². The van der Waals surface area contributed by atoms with E-state index in [9.17, 15) is 9.18 Å². The maximum atomic E-state index is 13.3. The smallest absolute Gasteiger partial charge is 0.249 e. The summed E-state index contributed by atoms with van der Waals surface area (Å²) in [6.45, 7) is 1.65. The number of thiol groups is 1. The van der Waals surface area contributed by atoms with Crippen LogP contribution in [0.2, 0.25) is 0 Å². The lowest BCUT2D eigenvalue weighted by molar-refractivity contribution is 0.0999. The second-order valence-electron chi connectivity index (χ2n) is 8.28. The number of benzene rings is 3. The number of rotatable bonds is 8. The molecule has 4 nitrogen and oxygen atoms in total. The summed E-state index contributed by atoms with van der Waals surface area (Å²) in [5.74, 6) is -0.706. The highest BCUT2D eigenvalue weighted by atomic mass is 32.1. The quantitative estimate of drug-likeness (QED) is 0.384. The first-order chi connectivity index (χ1) is 15.5. The van der Waals surface area contributed by atoms with E-state index in [0.29, 0.717) is 29.7 Å². The predicted octanol–water partition coefficient (Wildman–Crippen LogP) is 4.45. The van der Waals surface area contributed by atoms with Crippen LogP contribution >= 0.6 is 12.6 Å². The van der Waals surface area contributed by atoms with E-state index in [4.69, 9.17) is 5.73 Å². The predicted molar refractivity (Wildman–Crippen MR) is 132 cm³/mol. The minimum absolute atomic E-state index is 0.257. The fraction of sp³-hybridized carbons (Fsp3) is 0.269. The monoisotopic (exact) mass is 449 g/mol. The first kappa shape index (κ1) is 22.4. The number of aryl methyl sites for hydroxylation is 1. The number of primary amides is 1. The van der Waals surface area contributed by atoms with Crippen LogP contribution in [0.1, 0.15) is 27.9 Å². The summed E-state index contributed by atoms with van der Waals surface area (Å²) in [5, 5.41) is 7.30. The van der Waals surface area contributed by atoms with Gasteiger partial charge in [-0.25, -0.2) is 4.39 Å². The summed E-state index contributed by atoms with van der Waals surface area (Å²) in [6.07, 6.45) is 2.31. The van der Waals surface area contributed by atoms with Gasteiger partial charge in [0.05, 0.1) is 0 Å². The molecule has 1 amide bonds. The van der Waals surface area contributed by atoms with Crippen molar-refractivity contribution >= 4 is 24.2 Å². The number of anilines is 1. The molecule has 1 saturated heterocycles. The van der Waals surface area contributed by atoms with Gasteiger partial charge in [0, 0.05) is 35.6 Å². The van der Waals surface area contributed by atoms with Crippen LogP contribution in [-0.4, -0.2) is 30.3 Å². The van der Waals surface area contributed by atoms with Crippen LogP contribution in [-0.2, 0) is 12.8 Å². The van der Waals surface area contributed by atoms with E-state index >= 15 is 0 Å². The van der Waals surface area contributed by atoms with Crippen molar-refractivity contribution in [3.63, 3.8) is 0 Å². The number of carbonyl (C=O) groups is 1. The summed E-state index contributed by atoms with van der Waals surface area (Å²) in [6, 6.07) is 20.8. The molecule has 2 atom stereocenters. The van der Waals surface area contributed by atoms with E-state index in [1.165, 1.54) is 12.1 Å². The van der Waals surface area contributed by atoms with E-state index in [-0.39, 0.29) is 5.82 Å². The average Bonchev–Trinajstić information content (AvgIpc) is 3.22. The first-order valence-corrected chi connectivity index (χ1v) is 11.4. The van der Waals surface area contributed by atoms with Crippen LogP contribution in [0.15, 0.2) is 66.7 Å². The molecule has 0 aromatic heterocycles. The topological polar surface area (TPSA) is 67.2 Å². The van der Waals surface area contributed by atoms with Gasteiger partial charge in [0.2, 0.25) is 5.91 Å². The number of nitrogens with two attached hydrogens (primary N) is 1. The van der Waals surface area contributed by atoms with E-state index < -0.39 is 5.91 Å². The number of carbonyl (C=O) groups excluding carboxylic acids is 1. The number of halogens is 1. The van der Waals surface area contributed by atoms with Gasteiger partial charge in [-0.15, -0.1) is 0 Å². The van der Waals surface area contributed by atoms with Crippen molar-refractivity contribution in [1.29, 1.82) is 0 Å². The molecule has 0 saturated carbocycles. The lowest BCUT2D eigenvalue weighted by Gasteiger charge is -2.19. The van der Waals surface area contributed by atoms with Gasteiger partial charge >= 0.3 is 0 Å². The molecule has 1 fully saturated rings. The SMILES string of the molecule is NC(=O)c1cc(NC[C@@H]2C[C@H](S)CN2)cc(-c2ccccc2)c1CCc1ccc(F)cc1. The van der Waals surface area contributed by atoms with Gasteiger partial charge in [-0.2, -0.15) is 12.6 Å². The maximum absolute atomic E-state index is 13.3. The summed E-state index contributed by atoms with van der Waals surface area (Å²) in [5.41, 5.74) is 11.1. The molecule has 0 bridgehead atoms. The molecule has 4 N–H and O–H groups in total. The molecule has 1 heterocycles. The third-order valence-corrected chi connectivity index (χ3v) is 6.32. The number of hydrogen-bond donors (Lipinski definition) is 4. The first-order valence-electron chi connectivity index (χ1n) is 10.9. The molecule has 4 rings (SSSR count). The highest BCUT2D eigenvalue weighted by molar-refractivity contribution is 7.81. The van der Waals surface area contributed by atoms with Crippen molar-refractivity contribution in [2.45, 2.75) is 30.6 Å². The molecule has 1 aliphatic heterocycles. The Morgan fingerprint density at radius 1 is 1.09 bits per heavy atom. The largest absolute Gasteiger partial charge is 0.383 e. The van der Waals surface area contributed by atoms with Crippen LogP contribution in [0.5, 0.6) is 0 Å². The fourth-order valence-corrected chi connectivity index (χ4v) is 4.61. The van der Waals surface area contributed by atoms with Gasteiger partial charge in [-0.05, 0) is 65.8 Å². The Balaban J connectivity index is 1.66. The zero-order chi connectivity index (χ0) is 22.5. The van der Waals surface area contributed by atoms with Gasteiger partial charge in [-0.1, -0.05) is 42.5 Å². The maximum Gasteiger partial charge on any atom is 0.249 e. The third kappa shape index (κ3) is 5.50. The molecule has 3 aromatic rings. The van der Waals surface area contributed by atoms with Crippen LogP contribution in [0.3, 0.4) is 0 Å². The Bertz CT molecular complexity index is 1070. The molecule has 0 spiro atoms. The Labute approximate surface area is 193 Å². The third-order valence-electron chi connectivity index (χ3n) is 5.93. The number of hydrogen-bond acceptors (Lipinski definition) is 4. The molecule has 0 radical (unpaired) electrons. The standard InChI is InChI=1S/C26H28FN3OS/c27-19-9-6-17(7-10-19)8-11-23-24(18-4-2-1-3-5-18)13-20(14-25(23)26(28)31)29-15-21-12-22(32)16-30-21/h1-7,9-10,13-14,21-22,29-30,32H,8,11-12,15-16H2,(H2,28,31)/t21-,22-/m0/s1. The molecular weight excluding hydrogens is 421 g/mol. The summed E-state index contributed by atoms with van der Waals surface area (Å²) in [7, 11) is 0. The molecule has 0 unspecified atom stereocenters. The van der Waals surface area contributed by atoms with E-state index in [0.717, 1.165) is 47.5 Å². The van der Waals surface area contributed by atoms with Crippen LogP contribution in [0.4, 0.5) is 10.1 Å². The number of amides is 1. The van der Waals surface area contributed by atoms with Crippen molar-refractivity contribution in [2.75, 3.05) is 18.4 Å². The van der Waals surface area contributed by atoms with E-state index in [1.807, 2.05) is 36.4 Å². The lowest BCUT2D eigenvalue weighted by atomic mass is 9.90. The molecule has 1 aliphatic rings. The van der Waals surface area contributed by atoms with E-state index in [2.05, 4.69) is 29.3 Å². The minimum atomic E-state index is -0.450. The van der Waals surface area contributed by atoms with Crippen molar-refractivity contribution in [1.82, 2.24) is 5.32 Å². The van der Waals surface area contributed by atoms with Gasteiger partial charge < -0.3 is 16.4 Å². The summed E-state index contributed by atoms with van der Waals surface area (Å²) < 4.78 is 13.3. The number of nitrogens with one attached hydrogen (secondary N) is 2. The second-order valence-corrected chi connectivity index (χ2v) is 9.01. The van der Waals surface area contributed by atoms with Gasteiger partial charge in [0.1, 0.15) is 5.82 Å². The van der Waals surface area contributed by atoms with Crippen molar-refractivity contribution < 1.29 is 9.18 Å². The van der Waals surface area contributed by atoms with Crippen molar-refractivity contribution in [2.24, 2.45) is 5.73 Å². The second kappa shape index (κ2) is 10.2. The van der Waals surface area contributed by atoms with E-state index in [1.54, 1.807) is 12.1 Å². The van der Waals surface area contributed by atoms with Crippen molar-refractivity contribution in [3.05, 3.63) is 89.2 Å². The van der Waals surface area contributed by atoms with Crippen molar-refractivity contribution in [3.8, 4) is 11.1 Å². The Kier molecular flexibility index (Phi) is 7.12. The molecule has 166 valence electrons. The van der Waals surface area contributed by atoms with Gasteiger partial charge in [-0.3, -0.25) is 4.79 Å². The summed E-state index contributed by atoms with van der Waals surface area (Å²) in [4.78, 5) is 12.4. The highest BCUT2D eigenvalue weighted by Gasteiger charge is 2.21. The Morgan fingerprint density at radius 3 is 2.50 bits per heavy atom. The molecule has 6 heteroatoms. The fourth-order valence-electron chi connectivity index (χ4n) is 4.25. The van der Waals surface area contributed by atoms with Gasteiger partial charge in [0.25, 0.3) is 0 Å². The minimum Gasteiger partial charge on any atom is -0.383 e. The zero-order valence-electron chi connectivity index (χ0n) is 17.9. The molecule has 0 aliphatic carbocycles. The Morgan fingerprint density at radius 2 is 1.84 bits per heavy atom. The summed E-state index contributed by atoms with van der Waals surface area (Å²) >= 11 is 4.54. The molecular formula is C26H28FN3OS. The zero-order valence-corrected chi connectivity index (χ0v) is 18.7. The molecule has 32 heavy (non-hydrogen) atoms. The highest BCUT2D eigenvalue weighted by Crippen LogP contribution is 2.31. The normalized spacial score (nSPS) is 17.9.